The van der Waals surface area contributed by atoms with Crippen molar-refractivity contribution in [2.75, 3.05) is 7.11 Å². The Labute approximate surface area is 57.1 Å². The van der Waals surface area contributed by atoms with E-state index in [1.165, 1.54) is 13.3 Å². The summed E-state index contributed by atoms with van der Waals surface area (Å²) >= 11 is 0. The Morgan fingerprint density at radius 3 is 2.80 bits per heavy atom. The summed E-state index contributed by atoms with van der Waals surface area (Å²) in [5.41, 5.74) is 0.195. The van der Waals surface area contributed by atoms with Crippen molar-refractivity contribution < 1.29 is 9.53 Å². The number of rotatable bonds is 2. The fourth-order valence-electron chi connectivity index (χ4n) is 0.421. The van der Waals surface area contributed by atoms with E-state index >= 15 is 0 Å². The highest BCUT2D eigenvalue weighted by Gasteiger charge is 1.94. The molecule has 10 heavy (non-hydrogen) atoms. The molecule has 0 aromatic carbocycles. The van der Waals surface area contributed by atoms with Crippen molar-refractivity contribution in [1.82, 2.24) is 15.2 Å². The maximum Gasteiger partial charge on any atom is 0.335 e. The molecule has 5 heteroatoms. The van der Waals surface area contributed by atoms with Crippen LogP contribution in [-0.4, -0.2) is 28.6 Å². The number of carbonyl (C=O) groups is 1. The molecule has 1 rings (SSSR count). The Kier molecular flexibility index (Phi) is 1.89. The second kappa shape index (κ2) is 2.86. The van der Waals surface area contributed by atoms with Gasteiger partial charge >= 0.3 is 6.01 Å². The normalized spacial score (nSPS) is 8.90. The van der Waals surface area contributed by atoms with Gasteiger partial charge in [0.25, 0.3) is 0 Å². The van der Waals surface area contributed by atoms with Gasteiger partial charge in [0, 0.05) is 0 Å². The molecule has 1 aromatic rings. The van der Waals surface area contributed by atoms with Gasteiger partial charge in [-0.05, 0) is 0 Å². The summed E-state index contributed by atoms with van der Waals surface area (Å²) in [4.78, 5) is 13.7. The first kappa shape index (κ1) is 6.60. The van der Waals surface area contributed by atoms with Gasteiger partial charge in [-0.25, -0.2) is 0 Å². The monoisotopic (exact) mass is 139 g/mol. The summed E-state index contributed by atoms with van der Waals surface area (Å²) in [6.07, 6.45) is 1.86. The summed E-state index contributed by atoms with van der Waals surface area (Å²) in [7, 11) is 1.43. The molecule has 0 spiro atoms. The maximum absolute atomic E-state index is 10.0. The number of methoxy groups -OCH3 is 1. The van der Waals surface area contributed by atoms with Crippen LogP contribution >= 0.6 is 0 Å². The molecule has 0 fully saturated rings. The molecule has 0 unspecified atom stereocenters. The van der Waals surface area contributed by atoms with E-state index in [9.17, 15) is 4.79 Å². The SMILES string of the molecule is COc1ncc(C=O)nn1. The average Bonchev–Trinajstić information content (AvgIpc) is 2.05. The van der Waals surface area contributed by atoms with E-state index in [1.807, 2.05) is 0 Å². The third-order valence-electron chi connectivity index (χ3n) is 0.862. The van der Waals surface area contributed by atoms with E-state index in [0.717, 1.165) is 0 Å². The van der Waals surface area contributed by atoms with Crippen LogP contribution in [0.15, 0.2) is 6.20 Å². The molecular weight excluding hydrogens is 134 g/mol. The molecule has 0 N–H and O–H groups in total. The van der Waals surface area contributed by atoms with E-state index in [-0.39, 0.29) is 11.7 Å². The Morgan fingerprint density at radius 1 is 1.60 bits per heavy atom. The van der Waals surface area contributed by atoms with E-state index in [1.54, 1.807) is 0 Å². The zero-order chi connectivity index (χ0) is 7.40. The Hall–Kier alpha value is -1.52. The van der Waals surface area contributed by atoms with Gasteiger partial charge in [0.1, 0.15) is 5.69 Å². The van der Waals surface area contributed by atoms with Gasteiger partial charge in [-0.3, -0.25) is 4.79 Å². The molecule has 0 radical (unpaired) electrons. The number of ether oxygens (including phenoxy) is 1. The van der Waals surface area contributed by atoms with E-state index < -0.39 is 0 Å². The maximum atomic E-state index is 10.0. The van der Waals surface area contributed by atoms with Crippen LogP contribution in [0.5, 0.6) is 6.01 Å². The van der Waals surface area contributed by atoms with Crippen LogP contribution in [-0.2, 0) is 0 Å². The van der Waals surface area contributed by atoms with Gasteiger partial charge in [0.05, 0.1) is 13.3 Å². The Bertz CT molecular complexity index is 221. The van der Waals surface area contributed by atoms with Crippen LogP contribution in [0.4, 0.5) is 0 Å². The minimum absolute atomic E-state index is 0.158. The standard InChI is InChI=1S/C5H5N3O2/c1-10-5-6-2-4(3-9)7-8-5/h2-3H,1H3. The first-order chi connectivity index (χ1) is 4.86. The molecule has 0 amide bonds. The van der Waals surface area contributed by atoms with Gasteiger partial charge in [0.2, 0.25) is 0 Å². The number of aromatic nitrogens is 3. The summed E-state index contributed by atoms with van der Waals surface area (Å²) in [6.45, 7) is 0. The first-order valence-corrected chi connectivity index (χ1v) is 2.55. The van der Waals surface area contributed by atoms with E-state index in [0.29, 0.717) is 6.29 Å². The molecule has 0 aliphatic rings. The van der Waals surface area contributed by atoms with Crippen molar-refractivity contribution in [2.45, 2.75) is 0 Å². The first-order valence-electron chi connectivity index (χ1n) is 2.55. The predicted molar refractivity (Wildman–Crippen MR) is 31.8 cm³/mol. The fraction of sp³-hybridized carbons (Fsp3) is 0.200. The summed E-state index contributed by atoms with van der Waals surface area (Å²) in [6, 6.07) is 0.158. The zero-order valence-electron chi connectivity index (χ0n) is 5.31. The number of hydrogen-bond acceptors (Lipinski definition) is 5. The van der Waals surface area contributed by atoms with Crippen molar-refractivity contribution in [3.63, 3.8) is 0 Å². The van der Waals surface area contributed by atoms with Crippen molar-refractivity contribution >= 4 is 6.29 Å². The lowest BCUT2D eigenvalue weighted by Gasteiger charge is -1.92. The molecule has 1 aromatic heterocycles. The van der Waals surface area contributed by atoms with Crippen LogP contribution in [0.2, 0.25) is 0 Å². The highest BCUT2D eigenvalue weighted by Crippen LogP contribution is 1.94. The van der Waals surface area contributed by atoms with Crippen LogP contribution in [0.3, 0.4) is 0 Å². The van der Waals surface area contributed by atoms with Crippen molar-refractivity contribution in [1.29, 1.82) is 0 Å². The van der Waals surface area contributed by atoms with Gasteiger partial charge in [-0.1, -0.05) is 5.10 Å². The van der Waals surface area contributed by atoms with E-state index in [2.05, 4.69) is 19.9 Å². The Morgan fingerprint density at radius 2 is 2.40 bits per heavy atom. The zero-order valence-corrected chi connectivity index (χ0v) is 5.31. The molecule has 0 saturated carbocycles. The lowest BCUT2D eigenvalue weighted by atomic mass is 10.5. The molecule has 1 heterocycles. The van der Waals surface area contributed by atoms with Gasteiger partial charge in [-0.15, -0.1) is 5.10 Å². The molecule has 0 bridgehead atoms. The highest BCUT2D eigenvalue weighted by molar-refractivity contribution is 5.70. The second-order valence-electron chi connectivity index (χ2n) is 1.49. The van der Waals surface area contributed by atoms with Crippen LogP contribution in [0.1, 0.15) is 10.5 Å². The molecule has 0 atom stereocenters. The highest BCUT2D eigenvalue weighted by atomic mass is 16.5. The van der Waals surface area contributed by atoms with Crippen LogP contribution in [0.25, 0.3) is 0 Å². The smallest absolute Gasteiger partial charge is 0.335 e. The number of nitrogens with zero attached hydrogens (tertiary/aromatic N) is 3. The number of carbonyl (C=O) groups excluding carboxylic acids is 1. The van der Waals surface area contributed by atoms with Gasteiger partial charge in [-0.2, -0.15) is 4.98 Å². The van der Waals surface area contributed by atoms with Crippen molar-refractivity contribution in [3.8, 4) is 6.01 Å². The summed E-state index contributed by atoms with van der Waals surface area (Å²) < 4.78 is 4.61. The molecular formula is C5H5N3O2. The lowest BCUT2D eigenvalue weighted by molar-refractivity contribution is 0.111. The minimum atomic E-state index is 0.158. The van der Waals surface area contributed by atoms with Crippen molar-refractivity contribution in [3.05, 3.63) is 11.9 Å². The Balaban J connectivity index is 2.90. The number of aldehydes is 1. The van der Waals surface area contributed by atoms with Crippen LogP contribution in [0, 0.1) is 0 Å². The predicted octanol–water partition coefficient (Wildman–Crippen LogP) is -0.307. The quantitative estimate of drug-likeness (QED) is 0.526. The van der Waals surface area contributed by atoms with Crippen molar-refractivity contribution in [2.24, 2.45) is 0 Å². The largest absolute Gasteiger partial charge is 0.466 e. The third kappa shape index (κ3) is 1.25. The molecule has 0 aliphatic heterocycles. The summed E-state index contributed by atoms with van der Waals surface area (Å²) in [5, 5.41) is 6.92. The molecule has 5 nitrogen and oxygen atoms in total. The van der Waals surface area contributed by atoms with Crippen LogP contribution < -0.4 is 4.74 Å². The second-order valence-corrected chi connectivity index (χ2v) is 1.49. The summed E-state index contributed by atoms with van der Waals surface area (Å²) in [5.74, 6) is 0. The fourth-order valence-corrected chi connectivity index (χ4v) is 0.421. The molecule has 52 valence electrons. The lowest BCUT2D eigenvalue weighted by Crippen LogP contribution is -1.96. The van der Waals surface area contributed by atoms with Gasteiger partial charge < -0.3 is 4.74 Å². The average molecular weight is 139 g/mol. The van der Waals surface area contributed by atoms with Gasteiger partial charge in [0.15, 0.2) is 6.29 Å². The van der Waals surface area contributed by atoms with E-state index in [4.69, 9.17) is 0 Å². The molecule has 0 saturated heterocycles. The topological polar surface area (TPSA) is 65.0 Å². The number of hydrogen-bond donors (Lipinski definition) is 0. The third-order valence-corrected chi connectivity index (χ3v) is 0.862. The minimum Gasteiger partial charge on any atom is -0.466 e. The molecule has 0 aliphatic carbocycles.